The Hall–Kier alpha value is -2.84. The number of aromatic nitrogens is 2. The number of carbonyl (C=O) groups excluding carboxylic acids is 1. The highest BCUT2D eigenvalue weighted by Gasteiger charge is 2.21. The Kier molecular flexibility index (Phi) is 6.06. The molecular weight excluding hydrogens is 418 g/mol. The third kappa shape index (κ3) is 4.06. The Morgan fingerprint density at radius 2 is 2.07 bits per heavy atom. The van der Waals surface area contributed by atoms with E-state index in [4.69, 9.17) is 9.40 Å². The van der Waals surface area contributed by atoms with E-state index in [9.17, 15) is 9.59 Å². The summed E-state index contributed by atoms with van der Waals surface area (Å²) in [6.07, 6.45) is 1.57. The molecule has 1 N–H and O–H groups in total. The maximum atomic E-state index is 13.3. The summed E-state index contributed by atoms with van der Waals surface area (Å²) >= 11 is 2.74. The molecule has 154 valence electrons. The van der Waals surface area contributed by atoms with Gasteiger partial charge in [-0.05, 0) is 31.5 Å². The van der Waals surface area contributed by atoms with Crippen molar-refractivity contribution in [3.05, 3.63) is 70.2 Å². The van der Waals surface area contributed by atoms with Gasteiger partial charge in [0.15, 0.2) is 5.16 Å². The highest BCUT2D eigenvalue weighted by atomic mass is 32.2. The van der Waals surface area contributed by atoms with Crippen LogP contribution in [-0.4, -0.2) is 20.7 Å². The summed E-state index contributed by atoms with van der Waals surface area (Å²) in [7, 11) is 0. The minimum absolute atomic E-state index is 0.0757. The average molecular weight is 440 g/mol. The predicted octanol–water partition coefficient (Wildman–Crippen LogP) is 4.53. The molecule has 3 aromatic heterocycles. The lowest BCUT2D eigenvalue weighted by Gasteiger charge is -2.14. The number of thiophene rings is 1. The highest BCUT2D eigenvalue weighted by Crippen LogP contribution is 2.32. The predicted molar refractivity (Wildman–Crippen MR) is 121 cm³/mol. The molecule has 0 aliphatic heterocycles. The number of fused-ring (bicyclic) bond motifs is 1. The molecule has 0 aliphatic carbocycles. The zero-order chi connectivity index (χ0) is 21.1. The lowest BCUT2D eigenvalue weighted by Crippen LogP contribution is -2.31. The fraction of sp³-hybridized carbons (Fsp3) is 0.227. The second-order valence-corrected chi connectivity index (χ2v) is 8.86. The van der Waals surface area contributed by atoms with Crippen LogP contribution >= 0.6 is 23.1 Å². The Balaban J connectivity index is 1.61. The van der Waals surface area contributed by atoms with Gasteiger partial charge in [0.25, 0.3) is 5.56 Å². The Morgan fingerprint density at radius 1 is 1.27 bits per heavy atom. The van der Waals surface area contributed by atoms with E-state index in [1.807, 2.05) is 55.6 Å². The molecule has 1 aromatic carbocycles. The topological polar surface area (TPSA) is 77.1 Å². The van der Waals surface area contributed by atoms with E-state index in [0.29, 0.717) is 34.2 Å². The lowest BCUT2D eigenvalue weighted by atomic mass is 10.1. The SMILES string of the molecule is CCn1c(SC(C)C(=O)NCc2ccco2)nc2scc(-c3ccccc3)c2c1=O. The first-order valence-corrected chi connectivity index (χ1v) is 11.4. The van der Waals surface area contributed by atoms with Crippen molar-refractivity contribution in [1.82, 2.24) is 14.9 Å². The third-order valence-electron chi connectivity index (χ3n) is 4.73. The van der Waals surface area contributed by atoms with Crippen LogP contribution in [0.1, 0.15) is 19.6 Å². The van der Waals surface area contributed by atoms with Crippen molar-refractivity contribution in [2.75, 3.05) is 0 Å². The summed E-state index contributed by atoms with van der Waals surface area (Å²) in [5.41, 5.74) is 1.82. The smallest absolute Gasteiger partial charge is 0.263 e. The molecule has 0 radical (unpaired) electrons. The molecule has 0 spiro atoms. The summed E-state index contributed by atoms with van der Waals surface area (Å²) in [6.45, 7) is 4.53. The van der Waals surface area contributed by atoms with Crippen LogP contribution in [0.15, 0.2) is 68.5 Å². The van der Waals surface area contributed by atoms with Crippen LogP contribution in [0.25, 0.3) is 21.3 Å². The van der Waals surface area contributed by atoms with Gasteiger partial charge in [0, 0.05) is 17.5 Å². The average Bonchev–Trinajstić information content (AvgIpc) is 3.43. The van der Waals surface area contributed by atoms with Crippen LogP contribution < -0.4 is 10.9 Å². The zero-order valence-electron chi connectivity index (χ0n) is 16.6. The number of furan rings is 1. The normalized spacial score (nSPS) is 12.2. The molecule has 1 atom stereocenters. The number of nitrogens with one attached hydrogen (secondary N) is 1. The molecule has 8 heteroatoms. The monoisotopic (exact) mass is 439 g/mol. The van der Waals surface area contributed by atoms with Gasteiger partial charge in [-0.15, -0.1) is 11.3 Å². The number of nitrogens with zero attached hydrogens (tertiary/aromatic N) is 2. The third-order valence-corrected chi connectivity index (χ3v) is 6.69. The van der Waals surface area contributed by atoms with Crippen LogP contribution in [0, 0.1) is 0 Å². The van der Waals surface area contributed by atoms with Crippen LogP contribution in [0.3, 0.4) is 0 Å². The summed E-state index contributed by atoms with van der Waals surface area (Å²) in [5, 5.41) is 5.61. The van der Waals surface area contributed by atoms with Crippen LogP contribution in [0.4, 0.5) is 0 Å². The van der Waals surface area contributed by atoms with Gasteiger partial charge in [0.2, 0.25) is 5.91 Å². The number of hydrogen-bond donors (Lipinski definition) is 1. The van der Waals surface area contributed by atoms with Crippen molar-refractivity contribution in [2.45, 2.75) is 37.3 Å². The number of amides is 1. The largest absolute Gasteiger partial charge is 0.467 e. The molecule has 0 fully saturated rings. The Morgan fingerprint density at radius 3 is 2.77 bits per heavy atom. The van der Waals surface area contributed by atoms with Crippen molar-refractivity contribution in [2.24, 2.45) is 0 Å². The number of hydrogen-bond acceptors (Lipinski definition) is 6. The van der Waals surface area contributed by atoms with E-state index in [0.717, 1.165) is 11.1 Å². The number of benzene rings is 1. The standard InChI is InChI=1S/C22H21N3O3S2/c1-3-25-21(27)18-17(15-8-5-4-6-9-15)13-29-20(18)24-22(25)30-14(2)19(26)23-12-16-10-7-11-28-16/h4-11,13-14H,3,12H2,1-2H3,(H,23,26). The van der Waals surface area contributed by atoms with Crippen LogP contribution in [0.2, 0.25) is 0 Å². The van der Waals surface area contributed by atoms with E-state index < -0.39 is 5.25 Å². The second-order valence-electron chi connectivity index (χ2n) is 6.70. The van der Waals surface area contributed by atoms with E-state index in [-0.39, 0.29) is 11.5 Å². The van der Waals surface area contributed by atoms with Crippen molar-refractivity contribution in [3.8, 4) is 11.1 Å². The first kappa shape index (κ1) is 20.4. The van der Waals surface area contributed by atoms with Crippen molar-refractivity contribution >= 4 is 39.2 Å². The van der Waals surface area contributed by atoms with Gasteiger partial charge in [0.1, 0.15) is 10.6 Å². The molecule has 30 heavy (non-hydrogen) atoms. The molecule has 6 nitrogen and oxygen atoms in total. The summed E-state index contributed by atoms with van der Waals surface area (Å²) in [6, 6.07) is 13.4. The molecule has 0 bridgehead atoms. The van der Waals surface area contributed by atoms with Gasteiger partial charge in [-0.25, -0.2) is 4.98 Å². The minimum Gasteiger partial charge on any atom is -0.467 e. The van der Waals surface area contributed by atoms with Gasteiger partial charge in [-0.2, -0.15) is 0 Å². The Labute approximate surface area is 181 Å². The number of carbonyl (C=O) groups is 1. The maximum absolute atomic E-state index is 13.3. The summed E-state index contributed by atoms with van der Waals surface area (Å²) in [5.74, 6) is 0.558. The second kappa shape index (κ2) is 8.89. The van der Waals surface area contributed by atoms with Gasteiger partial charge in [-0.1, -0.05) is 42.1 Å². The van der Waals surface area contributed by atoms with Gasteiger partial charge < -0.3 is 9.73 Å². The van der Waals surface area contributed by atoms with Crippen molar-refractivity contribution in [3.63, 3.8) is 0 Å². The van der Waals surface area contributed by atoms with Gasteiger partial charge >= 0.3 is 0 Å². The highest BCUT2D eigenvalue weighted by molar-refractivity contribution is 8.00. The molecule has 4 aromatic rings. The summed E-state index contributed by atoms with van der Waals surface area (Å²) in [4.78, 5) is 31.2. The maximum Gasteiger partial charge on any atom is 0.263 e. The van der Waals surface area contributed by atoms with Gasteiger partial charge in [-0.3, -0.25) is 14.2 Å². The molecule has 4 rings (SSSR count). The minimum atomic E-state index is -0.407. The van der Waals surface area contributed by atoms with E-state index in [2.05, 4.69) is 5.32 Å². The van der Waals surface area contributed by atoms with E-state index in [1.165, 1.54) is 23.1 Å². The quantitative estimate of drug-likeness (QED) is 0.338. The van der Waals surface area contributed by atoms with Crippen LogP contribution in [-0.2, 0) is 17.9 Å². The molecule has 0 saturated heterocycles. The molecule has 1 amide bonds. The van der Waals surface area contributed by atoms with Gasteiger partial charge in [0.05, 0.1) is 23.4 Å². The summed E-state index contributed by atoms with van der Waals surface area (Å²) < 4.78 is 6.88. The number of rotatable bonds is 7. The number of thioether (sulfide) groups is 1. The first-order valence-electron chi connectivity index (χ1n) is 9.62. The van der Waals surface area contributed by atoms with E-state index in [1.54, 1.807) is 16.9 Å². The fourth-order valence-corrected chi connectivity index (χ4v) is 5.13. The zero-order valence-corrected chi connectivity index (χ0v) is 18.3. The molecule has 0 saturated carbocycles. The lowest BCUT2D eigenvalue weighted by molar-refractivity contribution is -0.120. The molecule has 3 heterocycles. The molecular formula is C22H21N3O3S2. The Bertz CT molecular complexity index is 1210. The van der Waals surface area contributed by atoms with Crippen molar-refractivity contribution < 1.29 is 9.21 Å². The van der Waals surface area contributed by atoms with Crippen molar-refractivity contribution in [1.29, 1.82) is 0 Å². The molecule has 1 unspecified atom stereocenters. The first-order chi connectivity index (χ1) is 14.6. The van der Waals surface area contributed by atoms with Crippen LogP contribution in [0.5, 0.6) is 0 Å². The fourth-order valence-electron chi connectivity index (χ4n) is 3.15. The molecule has 0 aliphatic rings. The van der Waals surface area contributed by atoms with E-state index >= 15 is 0 Å².